The van der Waals surface area contributed by atoms with Gasteiger partial charge in [-0.05, 0) is 36.4 Å². The third-order valence-electron chi connectivity index (χ3n) is 5.41. The van der Waals surface area contributed by atoms with E-state index in [2.05, 4.69) is 10.6 Å². The second kappa shape index (κ2) is 13.8. The molecular weight excluding hydrogens is 508 g/mol. The molecule has 1 aromatic rings. The van der Waals surface area contributed by atoms with Crippen LogP contribution in [0, 0.1) is 42.2 Å². The maximum Gasteiger partial charge on any atom is 0.491 e. The van der Waals surface area contributed by atoms with Crippen molar-refractivity contribution in [3.63, 3.8) is 0 Å². The van der Waals surface area contributed by atoms with E-state index in [0.717, 1.165) is 12.1 Å². The fraction of sp³-hybridized carbons (Fsp3) is 0.591. The van der Waals surface area contributed by atoms with Crippen LogP contribution >= 0.6 is 0 Å². The molecule has 0 saturated heterocycles. The molecule has 2 N–H and O–H groups in total. The van der Waals surface area contributed by atoms with Gasteiger partial charge >= 0.3 is 23.6 Å². The van der Waals surface area contributed by atoms with E-state index in [1.54, 1.807) is 20.8 Å². The number of hydrogen-bond donors (Lipinski definition) is 2. The third-order valence-corrected chi connectivity index (χ3v) is 5.41. The summed E-state index contributed by atoms with van der Waals surface area (Å²) in [5, 5.41) is 39.9. The van der Waals surface area contributed by atoms with E-state index in [1.807, 2.05) is 0 Å². The van der Waals surface area contributed by atoms with Crippen molar-refractivity contribution in [3.05, 3.63) is 60.7 Å². The Labute approximate surface area is 218 Å². The first kappa shape index (κ1) is 31.7. The Morgan fingerprint density at radius 2 is 1.61 bits per heavy atom. The molecule has 3 atom stereocenters. The molecule has 1 aromatic carbocycles. The summed E-state index contributed by atoms with van der Waals surface area (Å²) in [5.74, 6) is -4.99. The first-order valence-corrected chi connectivity index (χ1v) is 11.7. The smallest absolute Gasteiger partial charge is 0.465 e. The number of benzene rings is 1. The van der Waals surface area contributed by atoms with Crippen molar-refractivity contribution < 1.29 is 34.0 Å². The van der Waals surface area contributed by atoms with Crippen LogP contribution in [0.3, 0.4) is 0 Å². The van der Waals surface area contributed by atoms with Crippen LogP contribution in [-0.4, -0.2) is 63.6 Å². The number of hydrogen-bond acceptors (Lipinski definition) is 10. The molecule has 0 saturated carbocycles. The van der Waals surface area contributed by atoms with Crippen LogP contribution in [0.25, 0.3) is 0 Å². The standard InChI is InChI=1S/C22H32N6O10/c1-6-38-18(29)13-23-20(30)17(12-14(2)3)24-21(31)22(27(34)35,19(15(4)5)26(32)33)25(28(36)37)16-10-8-7-9-11-16/h7-11,14-15,17,19H,6,12-13H2,1-5H3,(H,23,30)(H,24,31)/t17-,19?,22+/m0/s1. The summed E-state index contributed by atoms with van der Waals surface area (Å²) in [6, 6.07) is 2.28. The van der Waals surface area contributed by atoms with Crippen LogP contribution in [0.1, 0.15) is 41.0 Å². The summed E-state index contributed by atoms with van der Waals surface area (Å²) in [5.41, 5.74) is -4.08. The van der Waals surface area contributed by atoms with Gasteiger partial charge in [0.15, 0.2) is 5.03 Å². The molecule has 1 rings (SSSR count). The maximum absolute atomic E-state index is 13.7. The normalized spacial score (nSPS) is 14.1. The Hall–Kier alpha value is -4.37. The molecule has 0 fully saturated rings. The number of amides is 2. The molecule has 0 aliphatic rings. The highest BCUT2D eigenvalue weighted by Gasteiger charge is 2.75. The zero-order valence-corrected chi connectivity index (χ0v) is 21.7. The summed E-state index contributed by atoms with van der Waals surface area (Å²) >= 11 is 0. The lowest BCUT2D eigenvalue weighted by atomic mass is 9.88. The molecule has 1 unspecified atom stereocenters. The van der Waals surface area contributed by atoms with Crippen molar-refractivity contribution in [2.75, 3.05) is 18.2 Å². The lowest BCUT2D eigenvalue weighted by Crippen LogP contribution is -2.75. The van der Waals surface area contributed by atoms with Gasteiger partial charge in [0.05, 0.1) is 11.5 Å². The summed E-state index contributed by atoms with van der Waals surface area (Å²) < 4.78 is 4.72. The van der Waals surface area contributed by atoms with Crippen LogP contribution in [0.4, 0.5) is 5.69 Å². The van der Waals surface area contributed by atoms with E-state index < -0.39 is 68.6 Å². The highest BCUT2D eigenvalue weighted by atomic mass is 16.7. The van der Waals surface area contributed by atoms with Crippen LogP contribution in [0.5, 0.6) is 0 Å². The Kier molecular flexibility index (Phi) is 11.5. The molecule has 38 heavy (non-hydrogen) atoms. The molecule has 0 heterocycles. The fourth-order valence-corrected chi connectivity index (χ4v) is 3.93. The van der Waals surface area contributed by atoms with E-state index in [0.29, 0.717) is 0 Å². The molecule has 0 aromatic heterocycles. The second-order valence-electron chi connectivity index (χ2n) is 9.02. The van der Waals surface area contributed by atoms with E-state index in [4.69, 9.17) is 4.74 Å². The van der Waals surface area contributed by atoms with Gasteiger partial charge in [0.25, 0.3) is 0 Å². The van der Waals surface area contributed by atoms with E-state index >= 15 is 0 Å². The van der Waals surface area contributed by atoms with Crippen molar-refractivity contribution >= 4 is 23.5 Å². The molecule has 0 bridgehead atoms. The molecule has 210 valence electrons. The highest BCUT2D eigenvalue weighted by Crippen LogP contribution is 2.33. The average molecular weight is 541 g/mol. The fourth-order valence-electron chi connectivity index (χ4n) is 3.93. The largest absolute Gasteiger partial charge is 0.491 e. The molecule has 2 amide bonds. The average Bonchev–Trinajstić information content (AvgIpc) is 2.81. The zero-order chi connectivity index (χ0) is 29.2. The molecular formula is C22H32N6O10. The number of nitro groups is 3. The molecule has 0 aliphatic heterocycles. The van der Waals surface area contributed by atoms with Crippen molar-refractivity contribution in [1.82, 2.24) is 10.6 Å². The van der Waals surface area contributed by atoms with Gasteiger partial charge in [-0.25, -0.2) is 10.1 Å². The SMILES string of the molecule is CCOC(=O)CNC(=O)[C@H](CC(C)C)NC(=O)[C@](C(C(C)C)[N+](=O)[O-])(N(c1ccccc1)[N+](=O)[O-])[N+](=O)[O-]. The van der Waals surface area contributed by atoms with Crippen molar-refractivity contribution in [3.8, 4) is 0 Å². The molecule has 16 nitrogen and oxygen atoms in total. The van der Waals surface area contributed by atoms with Gasteiger partial charge < -0.3 is 15.4 Å². The second-order valence-corrected chi connectivity index (χ2v) is 9.02. The quantitative estimate of drug-likeness (QED) is 0.139. The first-order chi connectivity index (χ1) is 17.7. The number of ether oxygens (including phenoxy) is 1. The van der Waals surface area contributed by atoms with Gasteiger partial charge in [-0.15, -0.1) is 0 Å². The lowest BCUT2D eigenvalue weighted by Gasteiger charge is -2.33. The topological polar surface area (TPSA) is 217 Å². The van der Waals surface area contributed by atoms with Crippen molar-refractivity contribution in [2.24, 2.45) is 11.8 Å². The number of para-hydroxylation sites is 1. The number of hydrazine groups is 1. The van der Waals surface area contributed by atoms with Crippen LogP contribution in [-0.2, 0) is 19.1 Å². The maximum atomic E-state index is 13.7. The van der Waals surface area contributed by atoms with Crippen molar-refractivity contribution in [2.45, 2.75) is 58.8 Å². The monoisotopic (exact) mass is 540 g/mol. The minimum atomic E-state index is -3.61. The van der Waals surface area contributed by atoms with Crippen molar-refractivity contribution in [1.29, 1.82) is 0 Å². The molecule has 0 spiro atoms. The number of rotatable bonds is 15. The van der Waals surface area contributed by atoms with Gasteiger partial charge in [0.1, 0.15) is 18.3 Å². The van der Waals surface area contributed by atoms with Gasteiger partial charge in [-0.1, -0.05) is 45.9 Å². The Morgan fingerprint density at radius 3 is 2.03 bits per heavy atom. The predicted molar refractivity (Wildman–Crippen MR) is 132 cm³/mol. The summed E-state index contributed by atoms with van der Waals surface area (Å²) in [6.45, 7) is 6.76. The number of esters is 1. The Bertz CT molecular complexity index is 1030. The Morgan fingerprint density at radius 1 is 1.03 bits per heavy atom. The van der Waals surface area contributed by atoms with Gasteiger partial charge in [-0.2, -0.15) is 0 Å². The first-order valence-electron chi connectivity index (χ1n) is 11.7. The summed E-state index contributed by atoms with van der Waals surface area (Å²) in [4.78, 5) is 72.7. The summed E-state index contributed by atoms with van der Waals surface area (Å²) in [7, 11) is 0. The molecule has 0 radical (unpaired) electrons. The van der Waals surface area contributed by atoms with E-state index in [-0.39, 0.29) is 24.0 Å². The predicted octanol–water partition coefficient (Wildman–Crippen LogP) is 1.17. The summed E-state index contributed by atoms with van der Waals surface area (Å²) in [6.07, 6.45) is -0.108. The number of carbonyl (C=O) groups excluding carboxylic acids is 3. The number of anilines is 1. The van der Waals surface area contributed by atoms with Gasteiger partial charge in [0, 0.05) is 10.8 Å². The van der Waals surface area contributed by atoms with Gasteiger partial charge in [0.2, 0.25) is 5.91 Å². The number of carbonyl (C=O) groups is 3. The highest BCUT2D eigenvalue weighted by molar-refractivity contribution is 5.94. The minimum absolute atomic E-state index is 0.0416. The molecule has 16 heteroatoms. The third kappa shape index (κ3) is 7.33. The molecule has 0 aliphatic carbocycles. The van der Waals surface area contributed by atoms with E-state index in [1.165, 1.54) is 32.0 Å². The lowest BCUT2D eigenvalue weighted by molar-refractivity contribution is -0.681. The zero-order valence-electron chi connectivity index (χ0n) is 21.7. The number of nitrogens with one attached hydrogen (secondary N) is 2. The van der Waals surface area contributed by atoms with Crippen LogP contribution in [0.2, 0.25) is 0 Å². The Balaban J connectivity index is 3.75. The van der Waals surface area contributed by atoms with Crippen LogP contribution in [0.15, 0.2) is 30.3 Å². The van der Waals surface area contributed by atoms with Crippen LogP contribution < -0.4 is 15.6 Å². The van der Waals surface area contributed by atoms with E-state index in [9.17, 15) is 44.7 Å². The van der Waals surface area contributed by atoms with Gasteiger partial charge in [-0.3, -0.25) is 34.6 Å². The minimum Gasteiger partial charge on any atom is -0.465 e. The number of nitrogens with zero attached hydrogens (tertiary/aromatic N) is 4.